The van der Waals surface area contributed by atoms with E-state index in [2.05, 4.69) is 55.0 Å². The predicted molar refractivity (Wildman–Crippen MR) is 74.4 cm³/mol. The topological polar surface area (TPSA) is 12.5 Å². The maximum atomic E-state index is 5.46. The van der Waals surface area contributed by atoms with Crippen LogP contribution in [-0.4, -0.2) is 26.3 Å². The van der Waals surface area contributed by atoms with Crippen molar-refractivity contribution in [3.05, 3.63) is 28.2 Å². The molecule has 4 heteroatoms. The molecule has 0 aliphatic carbocycles. The summed E-state index contributed by atoms with van der Waals surface area (Å²) < 4.78 is 6.63. The van der Waals surface area contributed by atoms with Gasteiger partial charge in [0.2, 0.25) is 0 Å². The number of alkyl halides is 1. The highest BCUT2D eigenvalue weighted by Gasteiger charge is 2.11. The van der Waals surface area contributed by atoms with Crippen molar-refractivity contribution in [1.82, 2.24) is 0 Å². The van der Waals surface area contributed by atoms with Crippen LogP contribution in [0, 0.1) is 0 Å². The lowest BCUT2D eigenvalue weighted by Crippen LogP contribution is -2.25. The van der Waals surface area contributed by atoms with E-state index in [-0.39, 0.29) is 0 Å². The summed E-state index contributed by atoms with van der Waals surface area (Å²) in [5.74, 6) is 0. The van der Waals surface area contributed by atoms with E-state index < -0.39 is 0 Å². The van der Waals surface area contributed by atoms with Crippen LogP contribution in [0.5, 0.6) is 0 Å². The maximum absolute atomic E-state index is 5.46. The van der Waals surface area contributed by atoms with E-state index in [0.717, 1.165) is 38.1 Å². The van der Waals surface area contributed by atoms with Crippen molar-refractivity contribution in [3.8, 4) is 0 Å². The van der Waals surface area contributed by atoms with Gasteiger partial charge in [-0.05, 0) is 24.1 Å². The van der Waals surface area contributed by atoms with Crippen LogP contribution < -0.4 is 4.90 Å². The van der Waals surface area contributed by atoms with E-state index in [1.54, 1.807) is 0 Å². The summed E-state index contributed by atoms with van der Waals surface area (Å²) >= 11 is 7.08. The third kappa shape index (κ3) is 2.99. The van der Waals surface area contributed by atoms with Crippen LogP contribution >= 0.6 is 31.9 Å². The van der Waals surface area contributed by atoms with Crippen molar-refractivity contribution in [3.63, 3.8) is 0 Å². The fraction of sp³-hybridized carbons (Fsp3) is 0.500. The van der Waals surface area contributed by atoms with Crippen molar-refractivity contribution < 1.29 is 4.74 Å². The molecule has 1 aromatic carbocycles. The highest BCUT2D eigenvalue weighted by atomic mass is 79.9. The van der Waals surface area contributed by atoms with Crippen LogP contribution in [0.2, 0.25) is 0 Å². The number of hydrogen-bond acceptors (Lipinski definition) is 2. The second kappa shape index (κ2) is 6.03. The van der Waals surface area contributed by atoms with Crippen LogP contribution in [0.15, 0.2) is 22.7 Å². The molecular formula is C12H15Br2NO. The highest BCUT2D eigenvalue weighted by Crippen LogP contribution is 2.26. The van der Waals surface area contributed by atoms with Crippen LogP contribution in [0.4, 0.5) is 5.69 Å². The van der Waals surface area contributed by atoms with Gasteiger partial charge in [0.05, 0.1) is 6.61 Å². The summed E-state index contributed by atoms with van der Waals surface area (Å²) in [7, 11) is 0. The Kier molecular flexibility index (Phi) is 4.67. The molecule has 1 heterocycles. The molecule has 0 unspecified atom stereocenters. The molecule has 2 nitrogen and oxygen atoms in total. The fourth-order valence-electron chi connectivity index (χ4n) is 1.85. The molecule has 0 atom stereocenters. The average Bonchev–Trinajstić information content (AvgIpc) is 2.57. The maximum Gasteiger partial charge on any atom is 0.0641 e. The molecule has 2 rings (SSSR count). The molecule has 0 radical (unpaired) electrons. The van der Waals surface area contributed by atoms with E-state index in [4.69, 9.17) is 4.74 Å². The summed E-state index contributed by atoms with van der Waals surface area (Å²) in [4.78, 5) is 2.38. The monoisotopic (exact) mass is 347 g/mol. The van der Waals surface area contributed by atoms with Gasteiger partial charge < -0.3 is 9.64 Å². The zero-order valence-corrected chi connectivity index (χ0v) is 12.3. The van der Waals surface area contributed by atoms with E-state index in [1.807, 2.05) is 0 Å². The van der Waals surface area contributed by atoms with Crippen molar-refractivity contribution >= 4 is 37.5 Å². The standard InChI is InChI=1S/C12H15Br2NO/c13-9-10-2-3-11(8-12(10)14)15-4-1-6-16-7-5-15/h2-3,8H,1,4-7,9H2. The number of benzene rings is 1. The lowest BCUT2D eigenvalue weighted by molar-refractivity contribution is 0.152. The predicted octanol–water partition coefficient (Wildman–Crippen LogP) is 3.57. The highest BCUT2D eigenvalue weighted by molar-refractivity contribution is 9.10. The first kappa shape index (κ1) is 12.4. The van der Waals surface area contributed by atoms with Crippen molar-refractivity contribution in [2.45, 2.75) is 11.8 Å². The zero-order chi connectivity index (χ0) is 11.4. The largest absolute Gasteiger partial charge is 0.380 e. The third-order valence-corrected chi connectivity index (χ3v) is 4.11. The minimum absolute atomic E-state index is 0.831. The van der Waals surface area contributed by atoms with Gasteiger partial charge in [0, 0.05) is 35.2 Å². The van der Waals surface area contributed by atoms with Crippen molar-refractivity contribution in [2.24, 2.45) is 0 Å². The average molecular weight is 349 g/mol. The molecule has 88 valence electrons. The Hall–Kier alpha value is -0.0600. The fourth-order valence-corrected chi connectivity index (χ4v) is 3.22. The van der Waals surface area contributed by atoms with Gasteiger partial charge >= 0.3 is 0 Å². The molecule has 1 fully saturated rings. The summed E-state index contributed by atoms with van der Waals surface area (Å²) in [5, 5.41) is 0.886. The Morgan fingerprint density at radius 3 is 2.88 bits per heavy atom. The first-order chi connectivity index (χ1) is 7.81. The molecule has 1 aromatic rings. The summed E-state index contributed by atoms with van der Waals surface area (Å²) in [6.07, 6.45) is 1.11. The molecule has 0 saturated carbocycles. The van der Waals surface area contributed by atoms with Gasteiger partial charge in [-0.1, -0.05) is 37.9 Å². The lowest BCUT2D eigenvalue weighted by atomic mass is 10.2. The van der Waals surface area contributed by atoms with Crippen molar-refractivity contribution in [1.29, 1.82) is 0 Å². The quantitative estimate of drug-likeness (QED) is 0.757. The second-order valence-corrected chi connectivity index (χ2v) is 5.28. The van der Waals surface area contributed by atoms with E-state index in [1.165, 1.54) is 15.7 Å². The van der Waals surface area contributed by atoms with Crippen LogP contribution in [0.1, 0.15) is 12.0 Å². The molecule has 1 aliphatic heterocycles. The number of rotatable bonds is 2. The SMILES string of the molecule is BrCc1ccc(N2CCCOCC2)cc1Br. The number of anilines is 1. The molecule has 1 aliphatic rings. The van der Waals surface area contributed by atoms with Crippen LogP contribution in [-0.2, 0) is 10.1 Å². The first-order valence-corrected chi connectivity index (χ1v) is 7.40. The molecule has 0 spiro atoms. The summed E-state index contributed by atoms with van der Waals surface area (Å²) in [6.45, 7) is 3.79. The molecular weight excluding hydrogens is 334 g/mol. The number of hydrogen-bond donors (Lipinski definition) is 0. The third-order valence-electron chi connectivity index (χ3n) is 2.77. The van der Waals surface area contributed by atoms with Crippen LogP contribution in [0.3, 0.4) is 0 Å². The second-order valence-electron chi connectivity index (χ2n) is 3.86. The Morgan fingerprint density at radius 1 is 1.25 bits per heavy atom. The van der Waals surface area contributed by atoms with Gasteiger partial charge in [0.1, 0.15) is 0 Å². The van der Waals surface area contributed by atoms with E-state index in [0.29, 0.717) is 0 Å². The molecule has 0 aromatic heterocycles. The van der Waals surface area contributed by atoms with Gasteiger partial charge in [-0.15, -0.1) is 0 Å². The number of nitrogens with zero attached hydrogens (tertiary/aromatic N) is 1. The van der Waals surface area contributed by atoms with Gasteiger partial charge in [-0.2, -0.15) is 0 Å². The molecule has 0 bridgehead atoms. The summed E-state index contributed by atoms with van der Waals surface area (Å²) in [5.41, 5.74) is 2.57. The van der Waals surface area contributed by atoms with Gasteiger partial charge in [0.25, 0.3) is 0 Å². The van der Waals surface area contributed by atoms with Gasteiger partial charge in [-0.25, -0.2) is 0 Å². The Bertz CT molecular complexity index is 349. The summed E-state index contributed by atoms with van der Waals surface area (Å²) in [6, 6.07) is 6.55. The van der Waals surface area contributed by atoms with Crippen molar-refractivity contribution in [2.75, 3.05) is 31.2 Å². The molecule has 16 heavy (non-hydrogen) atoms. The number of ether oxygens (including phenoxy) is 1. The van der Waals surface area contributed by atoms with Gasteiger partial charge in [0.15, 0.2) is 0 Å². The van der Waals surface area contributed by atoms with E-state index >= 15 is 0 Å². The lowest BCUT2D eigenvalue weighted by Gasteiger charge is -2.22. The number of halogens is 2. The Morgan fingerprint density at radius 2 is 2.12 bits per heavy atom. The zero-order valence-electron chi connectivity index (χ0n) is 9.09. The minimum Gasteiger partial charge on any atom is -0.380 e. The van der Waals surface area contributed by atoms with Crippen LogP contribution in [0.25, 0.3) is 0 Å². The minimum atomic E-state index is 0.831. The smallest absolute Gasteiger partial charge is 0.0641 e. The Labute approximate surface area is 113 Å². The normalized spacial score (nSPS) is 17.2. The van der Waals surface area contributed by atoms with E-state index in [9.17, 15) is 0 Å². The Balaban J connectivity index is 2.16. The first-order valence-electron chi connectivity index (χ1n) is 5.48. The molecule has 1 saturated heterocycles. The molecule has 0 amide bonds. The molecule has 0 N–H and O–H groups in total. The van der Waals surface area contributed by atoms with Gasteiger partial charge in [-0.3, -0.25) is 0 Å².